The van der Waals surface area contributed by atoms with Gasteiger partial charge >= 0.3 is 12.3 Å². The Labute approximate surface area is 121 Å². The second-order valence-electron chi connectivity index (χ2n) is 4.82. The number of nitrogens with zero attached hydrogens (tertiary/aromatic N) is 2. The Kier molecular flexibility index (Phi) is 7.10. The molecule has 8 heteroatoms. The number of hydrogen-bond acceptors (Lipinski definition) is 3. The van der Waals surface area contributed by atoms with Gasteiger partial charge < -0.3 is 14.6 Å². The summed E-state index contributed by atoms with van der Waals surface area (Å²) in [6.07, 6.45) is 1.06. The van der Waals surface area contributed by atoms with Gasteiger partial charge in [-0.25, -0.2) is 13.8 Å². The normalized spacial score (nSPS) is 13.9. The molecule has 1 unspecified atom stereocenters. The Morgan fingerprint density at radius 1 is 1.43 bits per heavy atom. The van der Waals surface area contributed by atoms with Gasteiger partial charge in [0.1, 0.15) is 12.4 Å². The molecule has 0 aliphatic heterocycles. The zero-order valence-corrected chi connectivity index (χ0v) is 12.2. The van der Waals surface area contributed by atoms with Crippen LogP contribution in [0.25, 0.3) is 0 Å². The predicted molar refractivity (Wildman–Crippen MR) is 70.8 cm³/mol. The highest BCUT2D eigenvalue weighted by Crippen LogP contribution is 2.22. The quantitative estimate of drug-likeness (QED) is 0.674. The number of aromatic nitrogens is 2. The lowest BCUT2D eigenvalue weighted by Gasteiger charge is -2.20. The van der Waals surface area contributed by atoms with E-state index < -0.39 is 19.0 Å². The first-order chi connectivity index (χ1) is 9.86. The van der Waals surface area contributed by atoms with Crippen LogP contribution in [0, 0.1) is 0 Å². The van der Waals surface area contributed by atoms with Gasteiger partial charge in [0, 0.05) is 31.9 Å². The molecule has 1 N–H and O–H groups in total. The number of alkyl halides is 4. The molecule has 1 aromatic rings. The fourth-order valence-electron chi connectivity index (χ4n) is 1.87. The molecule has 1 aromatic heterocycles. The van der Waals surface area contributed by atoms with Crippen LogP contribution in [0.2, 0.25) is 0 Å². The highest BCUT2D eigenvalue weighted by Gasteiger charge is 2.41. The highest BCUT2D eigenvalue weighted by molar-refractivity contribution is 4.92. The number of ether oxygens (including phenoxy) is 1. The summed E-state index contributed by atoms with van der Waals surface area (Å²) < 4.78 is 56.1. The Morgan fingerprint density at radius 2 is 2.14 bits per heavy atom. The lowest BCUT2D eigenvalue weighted by atomic mass is 10.1. The molecule has 0 bridgehead atoms. The molecule has 122 valence electrons. The molecule has 0 spiro atoms. The zero-order valence-electron chi connectivity index (χ0n) is 12.2. The van der Waals surface area contributed by atoms with Crippen LogP contribution in [-0.4, -0.2) is 47.7 Å². The molecule has 4 nitrogen and oxygen atoms in total. The first kappa shape index (κ1) is 17.9. The molecular weight excluding hydrogens is 290 g/mol. The number of nitrogens with one attached hydrogen (secondary N) is 1. The van der Waals surface area contributed by atoms with Gasteiger partial charge in [-0.15, -0.1) is 0 Å². The van der Waals surface area contributed by atoms with E-state index in [1.165, 1.54) is 0 Å². The molecular formula is C13H21F4N3O. The topological polar surface area (TPSA) is 39.1 Å². The van der Waals surface area contributed by atoms with Crippen molar-refractivity contribution in [1.29, 1.82) is 0 Å². The second kappa shape index (κ2) is 8.33. The van der Waals surface area contributed by atoms with Crippen LogP contribution in [0.1, 0.15) is 19.2 Å². The molecule has 1 rings (SSSR count). The Balaban J connectivity index is 2.38. The number of imidazole rings is 1. The van der Waals surface area contributed by atoms with Crippen molar-refractivity contribution in [3.05, 3.63) is 18.2 Å². The fraction of sp³-hybridized carbons (Fsp3) is 0.769. The maximum Gasteiger partial charge on any atom is 0.330 e. The minimum Gasteiger partial charge on any atom is -0.373 e. The summed E-state index contributed by atoms with van der Waals surface area (Å²) in [6, 6.07) is -0.180. The van der Waals surface area contributed by atoms with Crippen molar-refractivity contribution >= 4 is 0 Å². The van der Waals surface area contributed by atoms with E-state index >= 15 is 0 Å². The minimum atomic E-state index is -4.10. The van der Waals surface area contributed by atoms with Crippen molar-refractivity contribution in [2.45, 2.75) is 38.2 Å². The SMILES string of the molecule is CCNC(CCc1nccn1C)COCC(F)(F)C(F)F. The molecule has 0 saturated heterocycles. The number of hydrogen-bond donors (Lipinski definition) is 1. The van der Waals surface area contributed by atoms with E-state index in [0.29, 0.717) is 19.4 Å². The molecule has 0 fully saturated rings. The summed E-state index contributed by atoms with van der Waals surface area (Å²) in [5.41, 5.74) is 0. The first-order valence-electron chi connectivity index (χ1n) is 6.80. The fourth-order valence-corrected chi connectivity index (χ4v) is 1.87. The average molecular weight is 311 g/mol. The van der Waals surface area contributed by atoms with E-state index in [9.17, 15) is 17.6 Å². The van der Waals surface area contributed by atoms with Gasteiger partial charge in [0.25, 0.3) is 0 Å². The van der Waals surface area contributed by atoms with Gasteiger partial charge in [0.2, 0.25) is 0 Å². The molecule has 0 aliphatic rings. The van der Waals surface area contributed by atoms with Crippen molar-refractivity contribution in [3.8, 4) is 0 Å². The molecule has 1 heterocycles. The van der Waals surface area contributed by atoms with Crippen LogP contribution in [-0.2, 0) is 18.2 Å². The van der Waals surface area contributed by atoms with Crippen molar-refractivity contribution in [3.63, 3.8) is 0 Å². The third kappa shape index (κ3) is 6.01. The van der Waals surface area contributed by atoms with E-state index in [2.05, 4.69) is 10.3 Å². The van der Waals surface area contributed by atoms with Crippen molar-refractivity contribution in [2.24, 2.45) is 7.05 Å². The van der Waals surface area contributed by atoms with Crippen molar-refractivity contribution in [2.75, 3.05) is 19.8 Å². The maximum atomic E-state index is 12.7. The summed E-state index contributed by atoms with van der Waals surface area (Å²) in [5.74, 6) is -3.23. The van der Waals surface area contributed by atoms with Crippen molar-refractivity contribution < 1.29 is 22.3 Å². The van der Waals surface area contributed by atoms with Crippen LogP contribution in [0.3, 0.4) is 0 Å². The average Bonchev–Trinajstić information content (AvgIpc) is 2.81. The van der Waals surface area contributed by atoms with Crippen LogP contribution in [0.4, 0.5) is 17.6 Å². The van der Waals surface area contributed by atoms with Gasteiger partial charge in [0.05, 0.1) is 6.61 Å². The molecule has 0 saturated carbocycles. The smallest absolute Gasteiger partial charge is 0.330 e. The standard InChI is InChI=1S/C13H21F4N3O/c1-3-18-10(4-5-11-19-6-7-20(11)2)8-21-9-13(16,17)12(14)15/h6-7,10,12,18H,3-5,8-9H2,1-2H3. The van der Waals surface area contributed by atoms with Crippen LogP contribution in [0.5, 0.6) is 0 Å². The van der Waals surface area contributed by atoms with Crippen LogP contribution >= 0.6 is 0 Å². The third-order valence-electron chi connectivity index (χ3n) is 3.06. The molecule has 0 amide bonds. The lowest BCUT2D eigenvalue weighted by molar-refractivity contribution is -0.167. The van der Waals surface area contributed by atoms with E-state index in [4.69, 9.17) is 4.74 Å². The molecule has 1 atom stereocenters. The molecule has 0 aromatic carbocycles. The predicted octanol–water partition coefficient (Wildman–Crippen LogP) is 2.25. The monoisotopic (exact) mass is 311 g/mol. The maximum absolute atomic E-state index is 12.7. The Morgan fingerprint density at radius 3 is 2.67 bits per heavy atom. The summed E-state index contributed by atoms with van der Waals surface area (Å²) in [4.78, 5) is 4.17. The summed E-state index contributed by atoms with van der Waals surface area (Å²) >= 11 is 0. The van der Waals surface area contributed by atoms with E-state index in [-0.39, 0.29) is 12.6 Å². The Hall–Kier alpha value is -1.15. The number of rotatable bonds is 10. The third-order valence-corrected chi connectivity index (χ3v) is 3.06. The van der Waals surface area contributed by atoms with Gasteiger partial charge in [0.15, 0.2) is 0 Å². The van der Waals surface area contributed by atoms with E-state index in [1.807, 2.05) is 24.7 Å². The second-order valence-corrected chi connectivity index (χ2v) is 4.82. The van der Waals surface area contributed by atoms with Crippen molar-refractivity contribution in [1.82, 2.24) is 14.9 Å². The number of halogens is 4. The molecule has 0 aliphatic carbocycles. The van der Waals surface area contributed by atoms with E-state index in [1.54, 1.807) is 6.20 Å². The summed E-state index contributed by atoms with van der Waals surface area (Å²) in [6.45, 7) is 1.21. The van der Waals surface area contributed by atoms with Gasteiger partial charge in [-0.1, -0.05) is 6.92 Å². The molecule has 0 radical (unpaired) electrons. The Bertz CT molecular complexity index is 412. The van der Waals surface area contributed by atoms with E-state index in [0.717, 1.165) is 5.82 Å². The zero-order chi connectivity index (χ0) is 15.9. The first-order valence-corrected chi connectivity index (χ1v) is 6.80. The van der Waals surface area contributed by atoms with Crippen LogP contribution in [0.15, 0.2) is 12.4 Å². The molecule has 21 heavy (non-hydrogen) atoms. The van der Waals surface area contributed by atoms with Gasteiger partial charge in [-0.2, -0.15) is 8.78 Å². The van der Waals surface area contributed by atoms with Gasteiger partial charge in [-0.3, -0.25) is 0 Å². The minimum absolute atomic E-state index is 0.0411. The largest absolute Gasteiger partial charge is 0.373 e. The number of likely N-dealkylation sites (N-methyl/N-ethyl adjacent to an activating group) is 1. The lowest BCUT2D eigenvalue weighted by Crippen LogP contribution is -2.38. The highest BCUT2D eigenvalue weighted by atomic mass is 19.3. The van der Waals surface area contributed by atoms with Crippen LogP contribution < -0.4 is 5.32 Å². The van der Waals surface area contributed by atoms with Gasteiger partial charge in [-0.05, 0) is 13.0 Å². The summed E-state index contributed by atoms with van der Waals surface area (Å²) in [5, 5.41) is 3.09. The summed E-state index contributed by atoms with van der Waals surface area (Å²) in [7, 11) is 1.87. The number of aryl methyl sites for hydroxylation is 2.